The Kier molecular flexibility index (Phi) is 3.74. The van der Waals surface area contributed by atoms with Crippen molar-refractivity contribution < 1.29 is 9.13 Å². The van der Waals surface area contributed by atoms with Crippen molar-refractivity contribution in [2.24, 2.45) is 0 Å². The van der Waals surface area contributed by atoms with Gasteiger partial charge in [0.05, 0.1) is 12.8 Å². The monoisotopic (exact) mass is 295 g/mol. The first-order valence-corrected chi connectivity index (χ1v) is 6.22. The highest BCUT2D eigenvalue weighted by Gasteiger charge is 2.08. The molecule has 0 aliphatic rings. The number of pyridine rings is 1. The minimum atomic E-state index is -0.260. The number of benzene rings is 1. The molecule has 0 amide bonds. The first-order chi connectivity index (χ1) is 8.24. The second-order valence-corrected chi connectivity index (χ2v) is 4.05. The molecule has 2 rings (SSSR count). The van der Waals surface area contributed by atoms with E-state index in [1.165, 1.54) is 12.1 Å². The highest BCUT2D eigenvalue weighted by atomic mass is 79.9. The first-order valence-electron chi connectivity index (χ1n) is 5.10. The molecular formula is C13H11BrFNO. The van der Waals surface area contributed by atoms with Gasteiger partial charge in [0.15, 0.2) is 0 Å². The predicted molar refractivity (Wildman–Crippen MR) is 68.8 cm³/mol. The lowest BCUT2D eigenvalue weighted by Gasteiger charge is -2.09. The number of methoxy groups -OCH3 is 1. The van der Waals surface area contributed by atoms with Crippen LogP contribution in [0.1, 0.15) is 5.69 Å². The lowest BCUT2D eigenvalue weighted by molar-refractivity contribution is 0.414. The summed E-state index contributed by atoms with van der Waals surface area (Å²) in [4.78, 5) is 4.47. The summed E-state index contributed by atoms with van der Waals surface area (Å²) in [5, 5.41) is 0.672. The van der Waals surface area contributed by atoms with E-state index in [9.17, 15) is 4.39 Å². The number of halogens is 2. The number of ether oxygens (including phenoxy) is 1. The molecule has 4 heteroatoms. The zero-order valence-electron chi connectivity index (χ0n) is 9.28. The number of hydrogen-bond donors (Lipinski definition) is 0. The minimum absolute atomic E-state index is 0.260. The molecule has 0 radical (unpaired) electrons. The van der Waals surface area contributed by atoms with Gasteiger partial charge in [-0.25, -0.2) is 9.37 Å². The first kappa shape index (κ1) is 12.0. The summed E-state index contributed by atoms with van der Waals surface area (Å²) in [5.74, 6) is 0.422. The maximum absolute atomic E-state index is 12.9. The van der Waals surface area contributed by atoms with Crippen LogP contribution in [0.4, 0.5) is 4.39 Å². The van der Waals surface area contributed by atoms with Crippen molar-refractivity contribution in [3.05, 3.63) is 47.9 Å². The lowest BCUT2D eigenvalue weighted by atomic mass is 10.1. The molecule has 2 nitrogen and oxygen atoms in total. The van der Waals surface area contributed by atoms with Crippen molar-refractivity contribution in [3.8, 4) is 17.0 Å². The van der Waals surface area contributed by atoms with Crippen molar-refractivity contribution in [2.45, 2.75) is 5.33 Å². The molecule has 1 heterocycles. The van der Waals surface area contributed by atoms with E-state index in [0.29, 0.717) is 11.1 Å². The fourth-order valence-electron chi connectivity index (χ4n) is 1.54. The van der Waals surface area contributed by atoms with Crippen LogP contribution in [0.2, 0.25) is 0 Å². The zero-order valence-corrected chi connectivity index (χ0v) is 10.9. The maximum Gasteiger partial charge on any atom is 0.145 e. The second kappa shape index (κ2) is 5.27. The average Bonchev–Trinajstić information content (AvgIpc) is 2.39. The molecule has 17 heavy (non-hydrogen) atoms. The Morgan fingerprint density at radius 1 is 1.18 bits per heavy atom. The predicted octanol–water partition coefficient (Wildman–Crippen LogP) is 3.79. The topological polar surface area (TPSA) is 22.1 Å². The summed E-state index contributed by atoms with van der Waals surface area (Å²) in [7, 11) is 1.60. The summed E-state index contributed by atoms with van der Waals surface area (Å²) in [6.45, 7) is 0. The van der Waals surface area contributed by atoms with Crippen LogP contribution in [0.5, 0.6) is 5.75 Å². The van der Waals surface area contributed by atoms with Crippen molar-refractivity contribution in [1.82, 2.24) is 4.98 Å². The Morgan fingerprint density at radius 2 is 1.88 bits per heavy atom. The molecule has 1 aromatic heterocycles. The molecule has 88 valence electrons. The highest BCUT2D eigenvalue weighted by Crippen LogP contribution is 2.28. The average molecular weight is 296 g/mol. The van der Waals surface area contributed by atoms with Crippen molar-refractivity contribution in [2.75, 3.05) is 7.11 Å². The van der Waals surface area contributed by atoms with Crippen LogP contribution in [0, 0.1) is 5.82 Å². The molecule has 0 N–H and O–H groups in total. The van der Waals surface area contributed by atoms with Gasteiger partial charge in [0.2, 0.25) is 0 Å². The number of alkyl halides is 1. The summed E-state index contributed by atoms with van der Waals surface area (Å²) in [6, 6.07) is 9.97. The van der Waals surface area contributed by atoms with Gasteiger partial charge in [0.1, 0.15) is 17.3 Å². The van der Waals surface area contributed by atoms with E-state index in [2.05, 4.69) is 20.9 Å². The van der Waals surface area contributed by atoms with Gasteiger partial charge in [-0.1, -0.05) is 15.9 Å². The van der Waals surface area contributed by atoms with Gasteiger partial charge in [-0.05, 0) is 36.4 Å². The van der Waals surface area contributed by atoms with Crippen molar-refractivity contribution in [3.63, 3.8) is 0 Å². The standard InChI is InChI=1S/C13H11BrFNO/c1-17-12-7-6-11(8-14)16-13(12)9-2-4-10(15)5-3-9/h2-7H,8H2,1H3. The van der Waals surface area contributed by atoms with Crippen LogP contribution in [0.3, 0.4) is 0 Å². The van der Waals surface area contributed by atoms with Gasteiger partial charge in [0.25, 0.3) is 0 Å². The Bertz CT molecular complexity index is 513. The van der Waals surface area contributed by atoms with E-state index < -0.39 is 0 Å². The Labute approximate surface area is 108 Å². The van der Waals surface area contributed by atoms with E-state index in [1.54, 1.807) is 19.2 Å². The molecule has 0 aliphatic carbocycles. The van der Waals surface area contributed by atoms with Gasteiger partial charge in [-0.3, -0.25) is 0 Å². The largest absolute Gasteiger partial charge is 0.494 e. The molecule has 0 atom stereocenters. The van der Waals surface area contributed by atoms with E-state index in [4.69, 9.17) is 4.74 Å². The van der Waals surface area contributed by atoms with Gasteiger partial charge >= 0.3 is 0 Å². The number of rotatable bonds is 3. The summed E-state index contributed by atoms with van der Waals surface area (Å²) >= 11 is 3.36. The van der Waals surface area contributed by atoms with Crippen LogP contribution >= 0.6 is 15.9 Å². The smallest absolute Gasteiger partial charge is 0.145 e. The van der Waals surface area contributed by atoms with Crippen molar-refractivity contribution >= 4 is 15.9 Å². The van der Waals surface area contributed by atoms with Gasteiger partial charge in [0, 0.05) is 10.9 Å². The lowest BCUT2D eigenvalue weighted by Crippen LogP contribution is -1.94. The summed E-state index contributed by atoms with van der Waals surface area (Å²) < 4.78 is 18.1. The number of nitrogens with zero attached hydrogens (tertiary/aromatic N) is 1. The molecule has 0 fully saturated rings. The third-order valence-electron chi connectivity index (χ3n) is 2.39. The second-order valence-electron chi connectivity index (χ2n) is 3.49. The van der Waals surface area contributed by atoms with Gasteiger partial charge in [-0.2, -0.15) is 0 Å². The molecule has 0 bridgehead atoms. The normalized spacial score (nSPS) is 10.3. The molecule has 0 saturated carbocycles. The van der Waals surface area contributed by atoms with E-state index in [-0.39, 0.29) is 5.82 Å². The number of hydrogen-bond acceptors (Lipinski definition) is 2. The van der Waals surface area contributed by atoms with Crippen LogP contribution in [0.15, 0.2) is 36.4 Å². The maximum atomic E-state index is 12.9. The minimum Gasteiger partial charge on any atom is -0.494 e. The summed E-state index contributed by atoms with van der Waals surface area (Å²) in [6.07, 6.45) is 0. The molecule has 0 spiro atoms. The molecule has 1 aromatic carbocycles. The van der Waals surface area contributed by atoms with Crippen LogP contribution in [0.25, 0.3) is 11.3 Å². The fraction of sp³-hybridized carbons (Fsp3) is 0.154. The van der Waals surface area contributed by atoms with E-state index >= 15 is 0 Å². The zero-order chi connectivity index (χ0) is 12.3. The molecule has 0 unspecified atom stereocenters. The third kappa shape index (κ3) is 2.64. The molecule has 0 aliphatic heterocycles. The molecular weight excluding hydrogens is 285 g/mol. The SMILES string of the molecule is COc1ccc(CBr)nc1-c1ccc(F)cc1. The van der Waals surface area contributed by atoms with Crippen LogP contribution in [-0.4, -0.2) is 12.1 Å². The van der Waals surface area contributed by atoms with E-state index in [0.717, 1.165) is 17.0 Å². The van der Waals surface area contributed by atoms with E-state index in [1.807, 2.05) is 12.1 Å². The van der Waals surface area contributed by atoms with Crippen molar-refractivity contribution in [1.29, 1.82) is 0 Å². The Morgan fingerprint density at radius 3 is 2.47 bits per heavy atom. The van der Waals surface area contributed by atoms with Crippen LogP contribution in [-0.2, 0) is 5.33 Å². The van der Waals surface area contributed by atoms with Gasteiger partial charge < -0.3 is 4.74 Å². The number of aromatic nitrogens is 1. The molecule has 0 saturated heterocycles. The van der Waals surface area contributed by atoms with Gasteiger partial charge in [-0.15, -0.1) is 0 Å². The fourth-order valence-corrected chi connectivity index (χ4v) is 1.85. The highest BCUT2D eigenvalue weighted by molar-refractivity contribution is 9.08. The molecule has 2 aromatic rings. The quantitative estimate of drug-likeness (QED) is 0.804. The van der Waals surface area contributed by atoms with Crippen LogP contribution < -0.4 is 4.74 Å². The third-order valence-corrected chi connectivity index (χ3v) is 2.96. The Hall–Kier alpha value is -1.42. The Balaban J connectivity index is 2.51. The summed E-state index contributed by atoms with van der Waals surface area (Å²) in [5.41, 5.74) is 2.47.